The number of carboxylic acids is 1. The number of hydrogen-bond acceptors (Lipinski definition) is 3. The fourth-order valence-electron chi connectivity index (χ4n) is 2.83. The average Bonchev–Trinajstić information content (AvgIpc) is 2.90. The summed E-state index contributed by atoms with van der Waals surface area (Å²) in [6, 6.07) is 4.57. The molecule has 0 spiro atoms. The fraction of sp³-hybridized carbons (Fsp3) is 0.312. The van der Waals surface area contributed by atoms with E-state index in [1.54, 1.807) is 6.07 Å². The van der Waals surface area contributed by atoms with Gasteiger partial charge in [-0.25, -0.2) is 9.59 Å². The number of carbonyl (C=O) groups is 3. The van der Waals surface area contributed by atoms with E-state index in [2.05, 4.69) is 5.32 Å². The van der Waals surface area contributed by atoms with Crippen molar-refractivity contribution in [3.63, 3.8) is 0 Å². The van der Waals surface area contributed by atoms with Crippen LogP contribution in [0.25, 0.3) is 10.9 Å². The van der Waals surface area contributed by atoms with E-state index in [9.17, 15) is 19.5 Å². The van der Waals surface area contributed by atoms with Crippen molar-refractivity contribution in [2.75, 3.05) is 11.4 Å². The van der Waals surface area contributed by atoms with Crippen molar-refractivity contribution in [2.24, 2.45) is 0 Å². The maximum Gasteiger partial charge on any atom is 0.335 e. The fourth-order valence-corrected chi connectivity index (χ4v) is 2.83. The van der Waals surface area contributed by atoms with Crippen molar-refractivity contribution in [1.29, 1.82) is 0 Å². The lowest BCUT2D eigenvalue weighted by atomic mass is 10.1. The standard InChI is InChI=1S/C16H17N3O4/c1-9(2)18-5-3-11-12(18)7-10(15(21)22)8-13(11)19-6-4-14(20)17-16(19)23/h3,5,7-9H,4,6H2,1-2H3,(H,21,22)(H,17,20,23). The Morgan fingerprint density at radius 3 is 2.65 bits per heavy atom. The summed E-state index contributed by atoms with van der Waals surface area (Å²) in [5.41, 5.74) is 1.36. The van der Waals surface area contributed by atoms with E-state index in [4.69, 9.17) is 0 Å². The predicted octanol–water partition coefficient (Wildman–Crippen LogP) is 2.37. The van der Waals surface area contributed by atoms with Gasteiger partial charge in [-0.1, -0.05) is 0 Å². The number of nitrogens with zero attached hydrogens (tertiary/aromatic N) is 2. The number of aromatic nitrogens is 1. The van der Waals surface area contributed by atoms with E-state index >= 15 is 0 Å². The number of nitrogens with one attached hydrogen (secondary N) is 1. The van der Waals surface area contributed by atoms with Gasteiger partial charge >= 0.3 is 12.0 Å². The number of rotatable bonds is 3. The second-order valence-electron chi connectivity index (χ2n) is 5.81. The Labute approximate surface area is 132 Å². The molecule has 0 atom stereocenters. The third-order valence-corrected chi connectivity index (χ3v) is 3.96. The van der Waals surface area contributed by atoms with Gasteiger partial charge in [-0.2, -0.15) is 0 Å². The molecule has 0 bridgehead atoms. The smallest absolute Gasteiger partial charge is 0.335 e. The van der Waals surface area contributed by atoms with E-state index in [1.807, 2.05) is 30.7 Å². The Balaban J connectivity index is 2.21. The van der Waals surface area contributed by atoms with Crippen molar-refractivity contribution in [2.45, 2.75) is 26.3 Å². The molecule has 1 aliphatic heterocycles. The molecule has 23 heavy (non-hydrogen) atoms. The largest absolute Gasteiger partial charge is 0.478 e. The van der Waals surface area contributed by atoms with Gasteiger partial charge in [-0.05, 0) is 32.0 Å². The summed E-state index contributed by atoms with van der Waals surface area (Å²) in [7, 11) is 0. The van der Waals surface area contributed by atoms with Gasteiger partial charge < -0.3 is 9.67 Å². The second-order valence-corrected chi connectivity index (χ2v) is 5.81. The minimum absolute atomic E-state index is 0.109. The highest BCUT2D eigenvalue weighted by Crippen LogP contribution is 2.32. The molecule has 0 radical (unpaired) electrons. The van der Waals surface area contributed by atoms with Crippen LogP contribution in [0, 0.1) is 0 Å². The number of benzene rings is 1. The summed E-state index contributed by atoms with van der Waals surface area (Å²) in [6.45, 7) is 4.23. The molecule has 3 rings (SSSR count). The van der Waals surface area contributed by atoms with Crippen LogP contribution in [0.1, 0.15) is 36.7 Å². The number of amides is 3. The van der Waals surface area contributed by atoms with Crippen LogP contribution in [-0.2, 0) is 4.79 Å². The first-order valence-corrected chi connectivity index (χ1v) is 7.37. The first-order valence-electron chi connectivity index (χ1n) is 7.37. The van der Waals surface area contributed by atoms with Crippen LogP contribution in [0.3, 0.4) is 0 Å². The average molecular weight is 315 g/mol. The summed E-state index contributed by atoms with van der Waals surface area (Å²) < 4.78 is 1.96. The molecule has 0 saturated carbocycles. The summed E-state index contributed by atoms with van der Waals surface area (Å²) in [5.74, 6) is -1.38. The van der Waals surface area contributed by atoms with Gasteiger partial charge in [0.25, 0.3) is 0 Å². The molecule has 2 N–H and O–H groups in total. The SMILES string of the molecule is CC(C)n1ccc2c(N3CCC(=O)NC3=O)cc(C(=O)O)cc21. The topological polar surface area (TPSA) is 91.6 Å². The Hall–Kier alpha value is -2.83. The van der Waals surface area contributed by atoms with Gasteiger partial charge in [0.2, 0.25) is 5.91 Å². The number of aromatic carboxylic acids is 1. The quantitative estimate of drug-likeness (QED) is 0.909. The molecule has 1 fully saturated rings. The molecule has 1 aromatic carbocycles. The third-order valence-electron chi connectivity index (χ3n) is 3.96. The number of carboxylic acid groups (broad SMARTS) is 1. The van der Waals surface area contributed by atoms with E-state index in [-0.39, 0.29) is 30.5 Å². The molecule has 1 aliphatic rings. The van der Waals surface area contributed by atoms with E-state index in [1.165, 1.54) is 11.0 Å². The Morgan fingerprint density at radius 1 is 1.30 bits per heavy atom. The number of urea groups is 1. The van der Waals surface area contributed by atoms with Crippen LogP contribution >= 0.6 is 0 Å². The number of imide groups is 1. The number of hydrogen-bond donors (Lipinski definition) is 2. The number of carbonyl (C=O) groups excluding carboxylic acids is 2. The summed E-state index contributed by atoms with van der Waals surface area (Å²) in [4.78, 5) is 36.3. The van der Waals surface area contributed by atoms with Crippen LogP contribution < -0.4 is 10.2 Å². The van der Waals surface area contributed by atoms with Crippen LogP contribution in [0.15, 0.2) is 24.4 Å². The zero-order valence-electron chi connectivity index (χ0n) is 12.9. The maximum absolute atomic E-state index is 12.1. The van der Waals surface area contributed by atoms with Crippen LogP contribution in [0.4, 0.5) is 10.5 Å². The van der Waals surface area contributed by atoms with Gasteiger partial charge in [0.1, 0.15) is 0 Å². The zero-order chi connectivity index (χ0) is 16.7. The second kappa shape index (κ2) is 5.42. The molecule has 7 nitrogen and oxygen atoms in total. The normalized spacial score (nSPS) is 15.3. The lowest BCUT2D eigenvalue weighted by Gasteiger charge is -2.27. The molecule has 120 valence electrons. The highest BCUT2D eigenvalue weighted by atomic mass is 16.4. The molecule has 2 aromatic rings. The Morgan fingerprint density at radius 2 is 2.04 bits per heavy atom. The van der Waals surface area contributed by atoms with Gasteiger partial charge in [-0.15, -0.1) is 0 Å². The molecule has 0 unspecified atom stereocenters. The number of fused-ring (bicyclic) bond motifs is 1. The lowest BCUT2D eigenvalue weighted by Crippen LogP contribution is -2.49. The van der Waals surface area contributed by atoms with Gasteiger partial charge in [0.15, 0.2) is 0 Å². The summed E-state index contributed by atoms with van der Waals surface area (Å²) in [5, 5.41) is 12.4. The van der Waals surface area contributed by atoms with Crippen LogP contribution in [-0.4, -0.2) is 34.1 Å². The van der Waals surface area contributed by atoms with E-state index in [0.29, 0.717) is 5.69 Å². The van der Waals surface area contributed by atoms with Crippen molar-refractivity contribution in [1.82, 2.24) is 9.88 Å². The predicted molar refractivity (Wildman–Crippen MR) is 84.8 cm³/mol. The van der Waals surface area contributed by atoms with E-state index < -0.39 is 12.0 Å². The highest BCUT2D eigenvalue weighted by molar-refractivity contribution is 6.11. The molecular weight excluding hydrogens is 298 g/mol. The first-order chi connectivity index (χ1) is 10.9. The van der Waals surface area contributed by atoms with Crippen molar-refractivity contribution < 1.29 is 19.5 Å². The Kier molecular flexibility index (Phi) is 3.55. The molecular formula is C16H17N3O4. The maximum atomic E-state index is 12.1. The highest BCUT2D eigenvalue weighted by Gasteiger charge is 2.27. The van der Waals surface area contributed by atoms with Crippen molar-refractivity contribution in [3.8, 4) is 0 Å². The third kappa shape index (κ3) is 2.54. The van der Waals surface area contributed by atoms with Gasteiger partial charge in [0.05, 0.1) is 16.8 Å². The minimum Gasteiger partial charge on any atom is -0.478 e. The van der Waals surface area contributed by atoms with Gasteiger partial charge in [0, 0.05) is 30.6 Å². The first kappa shape index (κ1) is 15.1. The lowest BCUT2D eigenvalue weighted by molar-refractivity contribution is -0.120. The van der Waals surface area contributed by atoms with Crippen LogP contribution in [0.2, 0.25) is 0 Å². The number of anilines is 1. The van der Waals surface area contributed by atoms with Crippen molar-refractivity contribution in [3.05, 3.63) is 30.0 Å². The van der Waals surface area contributed by atoms with Gasteiger partial charge in [-0.3, -0.25) is 15.0 Å². The van der Waals surface area contributed by atoms with Crippen LogP contribution in [0.5, 0.6) is 0 Å². The zero-order valence-corrected chi connectivity index (χ0v) is 12.9. The molecule has 1 saturated heterocycles. The minimum atomic E-state index is -1.06. The molecule has 2 heterocycles. The monoisotopic (exact) mass is 315 g/mol. The molecule has 1 aromatic heterocycles. The molecule has 7 heteroatoms. The summed E-state index contributed by atoms with van der Waals surface area (Å²) >= 11 is 0. The molecule has 0 aliphatic carbocycles. The van der Waals surface area contributed by atoms with E-state index in [0.717, 1.165) is 10.9 Å². The Bertz CT molecular complexity index is 822. The summed E-state index contributed by atoms with van der Waals surface area (Å²) in [6.07, 6.45) is 2.06. The van der Waals surface area contributed by atoms with Crippen molar-refractivity contribution >= 4 is 34.5 Å². The molecule has 3 amide bonds.